The molecule has 1 heterocycles. The second kappa shape index (κ2) is 5.40. The molecule has 1 unspecified atom stereocenters. The SMILES string of the molecule is CNCc1cc(C)ccc1N1CCCC1C(N)=O. The molecule has 1 aliphatic heterocycles. The predicted molar refractivity (Wildman–Crippen MR) is 73.5 cm³/mol. The monoisotopic (exact) mass is 247 g/mol. The lowest BCUT2D eigenvalue weighted by molar-refractivity contribution is -0.119. The van der Waals surface area contributed by atoms with Crippen LogP contribution >= 0.6 is 0 Å². The van der Waals surface area contributed by atoms with Gasteiger partial charge in [0.2, 0.25) is 5.91 Å². The van der Waals surface area contributed by atoms with Crippen molar-refractivity contribution in [2.75, 3.05) is 18.5 Å². The molecule has 1 atom stereocenters. The van der Waals surface area contributed by atoms with E-state index in [1.807, 2.05) is 7.05 Å². The number of nitrogens with zero attached hydrogens (tertiary/aromatic N) is 1. The molecule has 18 heavy (non-hydrogen) atoms. The second-order valence-electron chi connectivity index (χ2n) is 4.92. The maximum Gasteiger partial charge on any atom is 0.240 e. The van der Waals surface area contributed by atoms with Gasteiger partial charge in [0, 0.05) is 18.8 Å². The summed E-state index contributed by atoms with van der Waals surface area (Å²) < 4.78 is 0. The summed E-state index contributed by atoms with van der Waals surface area (Å²) in [7, 11) is 1.93. The standard InChI is InChI=1S/C14H21N3O/c1-10-5-6-12(11(8-10)9-16-2)17-7-3-4-13(17)14(15)18/h5-6,8,13,16H,3-4,7,9H2,1-2H3,(H2,15,18). The van der Waals surface area contributed by atoms with Crippen LogP contribution in [0.4, 0.5) is 5.69 Å². The number of anilines is 1. The smallest absolute Gasteiger partial charge is 0.240 e. The fraction of sp³-hybridized carbons (Fsp3) is 0.500. The minimum atomic E-state index is -0.219. The number of nitrogens with one attached hydrogen (secondary N) is 1. The van der Waals surface area contributed by atoms with E-state index in [0.717, 1.165) is 31.6 Å². The van der Waals surface area contributed by atoms with Gasteiger partial charge >= 0.3 is 0 Å². The van der Waals surface area contributed by atoms with E-state index in [9.17, 15) is 4.79 Å². The van der Waals surface area contributed by atoms with E-state index in [-0.39, 0.29) is 11.9 Å². The highest BCUT2D eigenvalue weighted by molar-refractivity contribution is 5.84. The number of hydrogen-bond acceptors (Lipinski definition) is 3. The van der Waals surface area contributed by atoms with Gasteiger partial charge in [0.1, 0.15) is 6.04 Å². The van der Waals surface area contributed by atoms with Crippen LogP contribution in [0.15, 0.2) is 18.2 Å². The number of amides is 1. The summed E-state index contributed by atoms with van der Waals surface area (Å²) >= 11 is 0. The molecule has 1 saturated heterocycles. The molecule has 2 rings (SSSR count). The van der Waals surface area contributed by atoms with Crippen molar-refractivity contribution in [2.45, 2.75) is 32.4 Å². The van der Waals surface area contributed by atoms with Gasteiger partial charge in [-0.15, -0.1) is 0 Å². The van der Waals surface area contributed by atoms with E-state index in [4.69, 9.17) is 5.73 Å². The first-order valence-corrected chi connectivity index (χ1v) is 6.43. The van der Waals surface area contributed by atoms with Crippen molar-refractivity contribution in [2.24, 2.45) is 5.73 Å². The van der Waals surface area contributed by atoms with Crippen LogP contribution in [-0.4, -0.2) is 25.5 Å². The lowest BCUT2D eigenvalue weighted by Crippen LogP contribution is -2.40. The van der Waals surface area contributed by atoms with Gasteiger partial charge in [0.25, 0.3) is 0 Å². The van der Waals surface area contributed by atoms with Gasteiger partial charge in [-0.25, -0.2) is 0 Å². The largest absolute Gasteiger partial charge is 0.368 e. The minimum Gasteiger partial charge on any atom is -0.368 e. The number of benzene rings is 1. The first kappa shape index (κ1) is 12.9. The lowest BCUT2D eigenvalue weighted by atomic mass is 10.1. The second-order valence-corrected chi connectivity index (χ2v) is 4.92. The molecule has 98 valence electrons. The van der Waals surface area contributed by atoms with Crippen molar-refractivity contribution in [3.05, 3.63) is 29.3 Å². The Morgan fingerprint density at radius 3 is 3.00 bits per heavy atom. The van der Waals surface area contributed by atoms with Crippen LogP contribution in [0, 0.1) is 6.92 Å². The van der Waals surface area contributed by atoms with Crippen molar-refractivity contribution in [3.63, 3.8) is 0 Å². The number of carbonyl (C=O) groups is 1. The number of aryl methyl sites for hydroxylation is 1. The summed E-state index contributed by atoms with van der Waals surface area (Å²) in [5.74, 6) is -0.219. The van der Waals surface area contributed by atoms with Gasteiger partial charge in [-0.2, -0.15) is 0 Å². The van der Waals surface area contributed by atoms with E-state index in [1.165, 1.54) is 11.1 Å². The Balaban J connectivity index is 2.34. The van der Waals surface area contributed by atoms with Gasteiger partial charge in [0.05, 0.1) is 0 Å². The summed E-state index contributed by atoms with van der Waals surface area (Å²) in [5, 5.41) is 3.18. The van der Waals surface area contributed by atoms with Crippen LogP contribution in [0.3, 0.4) is 0 Å². The third-order valence-electron chi connectivity index (χ3n) is 3.49. The highest BCUT2D eigenvalue weighted by Gasteiger charge is 2.30. The molecular weight excluding hydrogens is 226 g/mol. The molecule has 1 fully saturated rings. The van der Waals surface area contributed by atoms with Gasteiger partial charge < -0.3 is 16.0 Å². The van der Waals surface area contributed by atoms with E-state index in [1.54, 1.807) is 0 Å². The summed E-state index contributed by atoms with van der Waals surface area (Å²) in [6, 6.07) is 6.21. The summed E-state index contributed by atoms with van der Waals surface area (Å²) in [4.78, 5) is 13.6. The zero-order chi connectivity index (χ0) is 13.1. The summed E-state index contributed by atoms with van der Waals surface area (Å²) in [6.07, 6.45) is 1.89. The third-order valence-corrected chi connectivity index (χ3v) is 3.49. The van der Waals surface area contributed by atoms with E-state index < -0.39 is 0 Å². The zero-order valence-corrected chi connectivity index (χ0v) is 11.1. The number of hydrogen-bond donors (Lipinski definition) is 2. The summed E-state index contributed by atoms with van der Waals surface area (Å²) in [5.41, 5.74) is 9.08. The molecule has 1 aromatic rings. The van der Waals surface area contributed by atoms with Crippen LogP contribution in [-0.2, 0) is 11.3 Å². The number of carbonyl (C=O) groups excluding carboxylic acids is 1. The molecule has 1 aliphatic rings. The first-order chi connectivity index (χ1) is 8.63. The van der Waals surface area contributed by atoms with Crippen molar-refractivity contribution in [1.29, 1.82) is 0 Å². The van der Waals surface area contributed by atoms with E-state index in [0.29, 0.717) is 0 Å². The molecule has 0 aliphatic carbocycles. The molecule has 1 aromatic carbocycles. The van der Waals surface area contributed by atoms with E-state index in [2.05, 4.69) is 35.3 Å². The Bertz CT molecular complexity index is 445. The van der Waals surface area contributed by atoms with Gasteiger partial charge in [-0.1, -0.05) is 17.7 Å². The van der Waals surface area contributed by atoms with Crippen LogP contribution in [0.5, 0.6) is 0 Å². The maximum atomic E-state index is 11.5. The average molecular weight is 247 g/mol. The molecule has 0 bridgehead atoms. The highest BCUT2D eigenvalue weighted by Crippen LogP contribution is 2.29. The van der Waals surface area contributed by atoms with Crippen molar-refractivity contribution >= 4 is 11.6 Å². The molecule has 0 radical (unpaired) electrons. The lowest BCUT2D eigenvalue weighted by Gasteiger charge is -2.27. The topological polar surface area (TPSA) is 58.4 Å². The zero-order valence-electron chi connectivity index (χ0n) is 11.1. The fourth-order valence-corrected chi connectivity index (χ4v) is 2.68. The molecule has 1 amide bonds. The first-order valence-electron chi connectivity index (χ1n) is 6.43. The Hall–Kier alpha value is -1.55. The molecule has 4 heteroatoms. The quantitative estimate of drug-likeness (QED) is 0.839. The van der Waals surface area contributed by atoms with Crippen molar-refractivity contribution < 1.29 is 4.79 Å². The number of primary amides is 1. The van der Waals surface area contributed by atoms with Crippen molar-refractivity contribution in [1.82, 2.24) is 5.32 Å². The molecule has 0 spiro atoms. The Labute approximate surface area is 108 Å². The van der Waals surface area contributed by atoms with Crippen LogP contribution in [0.25, 0.3) is 0 Å². The predicted octanol–water partition coefficient (Wildman–Crippen LogP) is 1.17. The van der Waals surface area contributed by atoms with Crippen LogP contribution in [0.1, 0.15) is 24.0 Å². The van der Waals surface area contributed by atoms with Gasteiger partial charge in [-0.3, -0.25) is 4.79 Å². The minimum absolute atomic E-state index is 0.150. The maximum absolute atomic E-state index is 11.5. The molecule has 0 saturated carbocycles. The van der Waals surface area contributed by atoms with Gasteiger partial charge in [0.15, 0.2) is 0 Å². The number of rotatable bonds is 4. The van der Waals surface area contributed by atoms with Crippen LogP contribution in [0.2, 0.25) is 0 Å². The normalized spacial score (nSPS) is 19.2. The number of nitrogens with two attached hydrogens (primary N) is 1. The Morgan fingerprint density at radius 2 is 2.33 bits per heavy atom. The molecule has 3 N–H and O–H groups in total. The van der Waals surface area contributed by atoms with Crippen molar-refractivity contribution in [3.8, 4) is 0 Å². The van der Waals surface area contributed by atoms with Gasteiger partial charge in [-0.05, 0) is 38.4 Å². The Kier molecular flexibility index (Phi) is 3.87. The van der Waals surface area contributed by atoms with Crippen LogP contribution < -0.4 is 16.0 Å². The van der Waals surface area contributed by atoms with E-state index >= 15 is 0 Å². The molecule has 4 nitrogen and oxygen atoms in total. The average Bonchev–Trinajstić information content (AvgIpc) is 2.78. The summed E-state index contributed by atoms with van der Waals surface area (Å²) in [6.45, 7) is 3.80. The third kappa shape index (κ3) is 2.48. The molecular formula is C14H21N3O. The molecule has 0 aromatic heterocycles. The highest BCUT2D eigenvalue weighted by atomic mass is 16.1. The fourth-order valence-electron chi connectivity index (χ4n) is 2.68. The Morgan fingerprint density at radius 1 is 1.56 bits per heavy atom.